The van der Waals surface area contributed by atoms with E-state index in [2.05, 4.69) is 17.6 Å². The fourth-order valence-corrected chi connectivity index (χ4v) is 2.99. The highest BCUT2D eigenvalue weighted by Crippen LogP contribution is 2.48. The molecule has 104 valence electrons. The largest absolute Gasteiger partial charge is 0.391 e. The molecule has 2 rings (SSSR count). The minimum atomic E-state index is -0.366. The Morgan fingerprint density at radius 1 is 1.33 bits per heavy atom. The van der Waals surface area contributed by atoms with Gasteiger partial charge in [0.2, 0.25) is 0 Å². The maximum absolute atomic E-state index is 11.8. The lowest BCUT2D eigenvalue weighted by Crippen LogP contribution is -2.49. The molecule has 3 N–H and O–H groups in total. The molecule has 0 saturated heterocycles. The molecule has 0 bridgehead atoms. The molecule has 0 aromatic carbocycles. The molecule has 2 saturated carbocycles. The van der Waals surface area contributed by atoms with Gasteiger partial charge in [0.25, 0.3) is 0 Å². The van der Waals surface area contributed by atoms with Gasteiger partial charge < -0.3 is 15.7 Å². The van der Waals surface area contributed by atoms with Crippen LogP contribution in [0.5, 0.6) is 0 Å². The van der Waals surface area contributed by atoms with E-state index >= 15 is 0 Å². The number of carbonyl (C=O) groups excluding carboxylic acids is 1. The molecule has 0 heterocycles. The van der Waals surface area contributed by atoms with Crippen LogP contribution in [0.4, 0.5) is 4.79 Å². The summed E-state index contributed by atoms with van der Waals surface area (Å²) in [5.74, 6) is 0. The average molecular weight is 254 g/mol. The molecule has 4 heteroatoms. The second-order valence-corrected chi connectivity index (χ2v) is 6.04. The van der Waals surface area contributed by atoms with Crippen LogP contribution in [0, 0.1) is 5.41 Å². The molecule has 2 aliphatic carbocycles. The van der Waals surface area contributed by atoms with Crippen molar-refractivity contribution < 1.29 is 9.90 Å². The van der Waals surface area contributed by atoms with Crippen LogP contribution in [0.2, 0.25) is 0 Å². The zero-order valence-corrected chi connectivity index (χ0v) is 11.4. The Labute approximate surface area is 110 Å². The number of aliphatic hydroxyl groups is 1. The highest BCUT2D eigenvalue weighted by molar-refractivity contribution is 5.74. The molecule has 0 spiro atoms. The second-order valence-electron chi connectivity index (χ2n) is 6.04. The molecule has 2 unspecified atom stereocenters. The summed E-state index contributed by atoms with van der Waals surface area (Å²) in [4.78, 5) is 11.8. The summed E-state index contributed by atoms with van der Waals surface area (Å²) in [5, 5.41) is 15.7. The molecular formula is C14H26N2O2. The summed E-state index contributed by atoms with van der Waals surface area (Å²) < 4.78 is 0. The third-order valence-electron chi connectivity index (χ3n) is 4.41. The monoisotopic (exact) mass is 254 g/mol. The Hall–Kier alpha value is -0.770. The SMILES string of the molecule is CCCC1(CNC(=O)NC2CCCCC2O)CC1. The predicted octanol–water partition coefficient (Wildman–Crippen LogP) is 2.17. The first kappa shape index (κ1) is 13.7. The van der Waals surface area contributed by atoms with Crippen molar-refractivity contribution in [3.8, 4) is 0 Å². The van der Waals surface area contributed by atoms with E-state index in [-0.39, 0.29) is 18.2 Å². The number of carbonyl (C=O) groups is 1. The van der Waals surface area contributed by atoms with E-state index in [1.165, 1.54) is 25.7 Å². The number of amides is 2. The van der Waals surface area contributed by atoms with Gasteiger partial charge in [-0.25, -0.2) is 4.79 Å². The van der Waals surface area contributed by atoms with Gasteiger partial charge in [-0.3, -0.25) is 0 Å². The minimum absolute atomic E-state index is 0.0555. The van der Waals surface area contributed by atoms with E-state index in [1.807, 2.05) is 0 Å². The Morgan fingerprint density at radius 3 is 2.67 bits per heavy atom. The van der Waals surface area contributed by atoms with Crippen molar-refractivity contribution in [2.45, 2.75) is 70.4 Å². The molecule has 0 radical (unpaired) electrons. The van der Waals surface area contributed by atoms with Gasteiger partial charge in [0.1, 0.15) is 0 Å². The van der Waals surface area contributed by atoms with Crippen LogP contribution in [0.15, 0.2) is 0 Å². The van der Waals surface area contributed by atoms with Gasteiger partial charge in [-0.1, -0.05) is 26.2 Å². The molecule has 2 amide bonds. The lowest BCUT2D eigenvalue weighted by Gasteiger charge is -2.28. The van der Waals surface area contributed by atoms with E-state index in [4.69, 9.17) is 0 Å². The van der Waals surface area contributed by atoms with Crippen molar-refractivity contribution in [2.75, 3.05) is 6.54 Å². The maximum Gasteiger partial charge on any atom is 0.315 e. The highest BCUT2D eigenvalue weighted by Gasteiger charge is 2.41. The standard InChI is InChI=1S/C14H26N2O2/c1-2-7-14(8-9-14)10-15-13(18)16-11-5-3-4-6-12(11)17/h11-12,17H,2-10H2,1H3,(H2,15,16,18). The summed E-state index contributed by atoms with van der Waals surface area (Å²) in [6, 6.07) is -0.164. The normalized spacial score (nSPS) is 29.7. The van der Waals surface area contributed by atoms with E-state index in [0.29, 0.717) is 5.41 Å². The van der Waals surface area contributed by atoms with E-state index in [0.717, 1.165) is 32.2 Å². The minimum Gasteiger partial charge on any atom is -0.391 e. The van der Waals surface area contributed by atoms with Gasteiger partial charge in [-0.2, -0.15) is 0 Å². The Kier molecular flexibility index (Phi) is 4.49. The highest BCUT2D eigenvalue weighted by atomic mass is 16.3. The zero-order chi connectivity index (χ0) is 13.0. The van der Waals surface area contributed by atoms with Crippen LogP contribution in [0.3, 0.4) is 0 Å². The van der Waals surface area contributed by atoms with Gasteiger partial charge in [0, 0.05) is 6.54 Å². The van der Waals surface area contributed by atoms with Gasteiger partial charge >= 0.3 is 6.03 Å². The first-order valence-corrected chi connectivity index (χ1v) is 7.38. The van der Waals surface area contributed by atoms with Crippen molar-refractivity contribution in [1.82, 2.24) is 10.6 Å². The van der Waals surface area contributed by atoms with E-state index in [9.17, 15) is 9.90 Å². The van der Waals surface area contributed by atoms with Crippen molar-refractivity contribution in [2.24, 2.45) is 5.41 Å². The van der Waals surface area contributed by atoms with Crippen molar-refractivity contribution in [3.63, 3.8) is 0 Å². The van der Waals surface area contributed by atoms with Gasteiger partial charge in [-0.05, 0) is 37.5 Å². The Balaban J connectivity index is 1.68. The number of aliphatic hydroxyl groups excluding tert-OH is 1. The molecule has 0 aliphatic heterocycles. The maximum atomic E-state index is 11.8. The lowest BCUT2D eigenvalue weighted by molar-refractivity contribution is 0.0942. The summed E-state index contributed by atoms with van der Waals surface area (Å²) in [5.41, 5.74) is 0.386. The van der Waals surface area contributed by atoms with Crippen molar-refractivity contribution in [1.29, 1.82) is 0 Å². The van der Waals surface area contributed by atoms with Gasteiger partial charge in [0.15, 0.2) is 0 Å². The summed E-state index contributed by atoms with van der Waals surface area (Å²) in [6.45, 7) is 2.98. The first-order chi connectivity index (χ1) is 8.65. The first-order valence-electron chi connectivity index (χ1n) is 7.38. The van der Waals surface area contributed by atoms with Crippen LogP contribution < -0.4 is 10.6 Å². The van der Waals surface area contributed by atoms with Gasteiger partial charge in [-0.15, -0.1) is 0 Å². The number of hydrogen-bond donors (Lipinski definition) is 3. The molecule has 4 nitrogen and oxygen atoms in total. The molecule has 18 heavy (non-hydrogen) atoms. The Morgan fingerprint density at radius 2 is 2.06 bits per heavy atom. The van der Waals surface area contributed by atoms with E-state index < -0.39 is 0 Å². The van der Waals surface area contributed by atoms with E-state index in [1.54, 1.807) is 0 Å². The van der Waals surface area contributed by atoms with Crippen LogP contribution in [0.1, 0.15) is 58.3 Å². The fraction of sp³-hybridized carbons (Fsp3) is 0.929. The summed E-state index contributed by atoms with van der Waals surface area (Å²) >= 11 is 0. The third-order valence-corrected chi connectivity index (χ3v) is 4.41. The summed E-state index contributed by atoms with van der Waals surface area (Å²) in [6.07, 6.45) is 8.39. The lowest BCUT2D eigenvalue weighted by atomic mass is 9.93. The topological polar surface area (TPSA) is 61.4 Å². The van der Waals surface area contributed by atoms with Crippen LogP contribution >= 0.6 is 0 Å². The molecule has 2 fully saturated rings. The van der Waals surface area contributed by atoms with Crippen LogP contribution in [0.25, 0.3) is 0 Å². The zero-order valence-electron chi connectivity index (χ0n) is 11.4. The number of urea groups is 1. The molecule has 0 aromatic heterocycles. The second kappa shape index (κ2) is 5.91. The quantitative estimate of drug-likeness (QED) is 0.704. The van der Waals surface area contributed by atoms with Crippen molar-refractivity contribution >= 4 is 6.03 Å². The van der Waals surface area contributed by atoms with Crippen molar-refractivity contribution in [3.05, 3.63) is 0 Å². The molecular weight excluding hydrogens is 228 g/mol. The Bertz CT molecular complexity index is 290. The fourth-order valence-electron chi connectivity index (χ4n) is 2.99. The molecule has 2 aliphatic rings. The number of hydrogen-bond acceptors (Lipinski definition) is 2. The predicted molar refractivity (Wildman–Crippen MR) is 71.4 cm³/mol. The number of rotatable bonds is 5. The van der Waals surface area contributed by atoms with Crippen LogP contribution in [-0.4, -0.2) is 29.8 Å². The number of nitrogens with one attached hydrogen (secondary N) is 2. The van der Waals surface area contributed by atoms with Crippen LogP contribution in [-0.2, 0) is 0 Å². The average Bonchev–Trinajstić information content (AvgIpc) is 3.11. The third kappa shape index (κ3) is 3.61. The smallest absolute Gasteiger partial charge is 0.315 e. The van der Waals surface area contributed by atoms with Gasteiger partial charge in [0.05, 0.1) is 12.1 Å². The molecule has 0 aromatic rings. The molecule has 2 atom stereocenters. The summed E-state index contributed by atoms with van der Waals surface area (Å²) in [7, 11) is 0.